The molecule has 0 unspecified atom stereocenters. The van der Waals surface area contributed by atoms with Crippen LogP contribution < -0.4 is 15.5 Å². The Bertz CT molecular complexity index is 1000. The van der Waals surface area contributed by atoms with Gasteiger partial charge >= 0.3 is 0 Å². The summed E-state index contributed by atoms with van der Waals surface area (Å²) in [5.41, 5.74) is 6.40. The van der Waals surface area contributed by atoms with E-state index < -0.39 is 5.25 Å². The topological polar surface area (TPSA) is 81.1 Å². The molecule has 8 heteroatoms. The number of anilines is 1. The van der Waals surface area contributed by atoms with E-state index in [0.29, 0.717) is 5.16 Å². The number of aromatic nitrogens is 3. The number of hydrogen-bond donors (Lipinski definition) is 2. The fourth-order valence-corrected chi connectivity index (χ4v) is 4.38. The number of carbonyl (C=O) groups is 1. The van der Waals surface area contributed by atoms with E-state index in [1.165, 1.54) is 17.3 Å². The Balaban J connectivity index is 1.62. The van der Waals surface area contributed by atoms with Crippen molar-refractivity contribution in [1.29, 1.82) is 0 Å². The van der Waals surface area contributed by atoms with Crippen molar-refractivity contribution in [2.45, 2.75) is 36.7 Å². The highest BCUT2D eigenvalue weighted by molar-refractivity contribution is 8.00. The number of fused-ring (bicyclic) bond motifs is 1. The molecule has 3 aromatic rings. The first-order valence-electron chi connectivity index (χ1n) is 9.48. The van der Waals surface area contributed by atoms with Gasteiger partial charge in [0.2, 0.25) is 11.1 Å². The Morgan fingerprint density at radius 1 is 1.17 bits per heavy atom. The van der Waals surface area contributed by atoms with E-state index in [0.717, 1.165) is 29.2 Å². The minimum Gasteiger partial charge on any atom is -0.497 e. The van der Waals surface area contributed by atoms with Gasteiger partial charge in [0.25, 0.3) is 0 Å². The van der Waals surface area contributed by atoms with Crippen molar-refractivity contribution in [1.82, 2.24) is 14.9 Å². The lowest BCUT2D eigenvalue weighted by Crippen LogP contribution is -2.41. The van der Waals surface area contributed by atoms with Crippen molar-refractivity contribution in [3.63, 3.8) is 0 Å². The number of nitrogens with one attached hydrogen (secondary N) is 2. The maximum absolute atomic E-state index is 13.2. The van der Waals surface area contributed by atoms with Crippen LogP contribution in [0.5, 0.6) is 5.75 Å². The van der Waals surface area contributed by atoms with Gasteiger partial charge in [-0.05, 0) is 48.7 Å². The fraction of sp³-hybridized carbons (Fsp3) is 0.286. The molecule has 0 fully saturated rings. The van der Waals surface area contributed by atoms with Crippen LogP contribution in [-0.2, 0) is 11.2 Å². The first-order valence-corrected chi connectivity index (χ1v) is 10.4. The zero-order valence-corrected chi connectivity index (χ0v) is 17.4. The van der Waals surface area contributed by atoms with Crippen molar-refractivity contribution < 1.29 is 9.53 Å². The van der Waals surface area contributed by atoms with Crippen molar-refractivity contribution in [2.24, 2.45) is 0 Å². The molecule has 1 aliphatic heterocycles. The molecule has 7 nitrogen and oxygen atoms in total. The molecular weight excluding hydrogens is 386 g/mol. The van der Waals surface area contributed by atoms with Gasteiger partial charge in [0.15, 0.2) is 0 Å². The summed E-state index contributed by atoms with van der Waals surface area (Å²) in [6, 6.07) is 15.4. The molecule has 29 heavy (non-hydrogen) atoms. The molecule has 1 amide bonds. The molecule has 2 atom stereocenters. The van der Waals surface area contributed by atoms with E-state index in [9.17, 15) is 4.79 Å². The molecule has 2 aromatic carbocycles. The van der Waals surface area contributed by atoms with E-state index in [4.69, 9.17) is 4.74 Å². The molecule has 0 bridgehead atoms. The zero-order chi connectivity index (χ0) is 20.4. The SMILES string of the molecule is CCc1ccc(NC(=O)[C@@H]2Sc3nnc(C)n3N[C@@H]2c2ccc(OC)cc2)cc1. The van der Waals surface area contributed by atoms with E-state index >= 15 is 0 Å². The van der Waals surface area contributed by atoms with Gasteiger partial charge in [-0.15, -0.1) is 10.2 Å². The Hall–Kier alpha value is -3.00. The highest BCUT2D eigenvalue weighted by Gasteiger charge is 2.37. The molecule has 4 rings (SSSR count). The van der Waals surface area contributed by atoms with Crippen LogP contribution in [0.2, 0.25) is 0 Å². The van der Waals surface area contributed by atoms with Crippen LogP contribution in [0, 0.1) is 6.92 Å². The molecule has 0 saturated heterocycles. The lowest BCUT2D eigenvalue weighted by molar-refractivity contribution is -0.116. The summed E-state index contributed by atoms with van der Waals surface area (Å²) in [7, 11) is 1.64. The van der Waals surface area contributed by atoms with Crippen LogP contribution in [-0.4, -0.2) is 33.1 Å². The first-order chi connectivity index (χ1) is 14.1. The second-order valence-electron chi connectivity index (χ2n) is 6.82. The van der Waals surface area contributed by atoms with Crippen molar-refractivity contribution >= 4 is 23.4 Å². The summed E-state index contributed by atoms with van der Waals surface area (Å²) in [5.74, 6) is 1.44. The third-order valence-electron chi connectivity index (χ3n) is 4.96. The van der Waals surface area contributed by atoms with E-state index in [1.54, 1.807) is 7.11 Å². The van der Waals surface area contributed by atoms with E-state index in [1.807, 2.05) is 60.1 Å². The monoisotopic (exact) mass is 409 g/mol. The minimum absolute atomic E-state index is 0.0838. The van der Waals surface area contributed by atoms with Crippen LogP contribution in [0.3, 0.4) is 0 Å². The number of aryl methyl sites for hydroxylation is 2. The average molecular weight is 410 g/mol. The second kappa shape index (κ2) is 8.16. The summed E-state index contributed by atoms with van der Waals surface area (Å²) >= 11 is 1.41. The molecule has 0 aliphatic carbocycles. The second-order valence-corrected chi connectivity index (χ2v) is 7.93. The van der Waals surface area contributed by atoms with Gasteiger partial charge < -0.3 is 15.5 Å². The molecule has 1 aliphatic rings. The summed E-state index contributed by atoms with van der Waals surface area (Å²) in [6.45, 7) is 3.99. The standard InChI is InChI=1S/C21H23N5O2S/c1-4-14-5-9-16(10-6-14)22-20(27)19-18(15-7-11-17(28-3)12-8-15)25-26-13(2)23-24-21(26)29-19/h5-12,18-19,25H,4H2,1-3H3,(H,22,27)/t18-,19-/m1/s1. The number of benzene rings is 2. The van der Waals surface area contributed by atoms with E-state index in [2.05, 4.69) is 27.9 Å². The Labute approximate surface area is 173 Å². The number of rotatable bonds is 5. The number of ether oxygens (including phenoxy) is 1. The summed E-state index contributed by atoms with van der Waals surface area (Å²) in [6.07, 6.45) is 0.963. The maximum atomic E-state index is 13.2. The fourth-order valence-electron chi connectivity index (χ4n) is 3.26. The summed E-state index contributed by atoms with van der Waals surface area (Å²) in [5, 5.41) is 11.6. The molecule has 0 radical (unpaired) electrons. The van der Waals surface area contributed by atoms with Crippen LogP contribution in [0.15, 0.2) is 53.7 Å². The molecular formula is C21H23N5O2S. The molecule has 2 N–H and O–H groups in total. The number of thioether (sulfide) groups is 1. The average Bonchev–Trinajstić information content (AvgIpc) is 3.13. The van der Waals surface area contributed by atoms with Crippen molar-refractivity contribution in [3.8, 4) is 5.75 Å². The lowest BCUT2D eigenvalue weighted by Gasteiger charge is -2.32. The normalized spacial score (nSPS) is 17.9. The van der Waals surface area contributed by atoms with Gasteiger partial charge in [-0.3, -0.25) is 4.79 Å². The quantitative estimate of drug-likeness (QED) is 0.671. The molecule has 1 aromatic heterocycles. The van der Waals surface area contributed by atoms with Gasteiger partial charge in [0.05, 0.1) is 13.2 Å². The Kier molecular flexibility index (Phi) is 5.44. The number of nitrogens with zero attached hydrogens (tertiary/aromatic N) is 3. The summed E-state index contributed by atoms with van der Waals surface area (Å²) < 4.78 is 7.09. The lowest BCUT2D eigenvalue weighted by atomic mass is 10.0. The molecule has 0 spiro atoms. The largest absolute Gasteiger partial charge is 0.497 e. The van der Waals surface area contributed by atoms with Gasteiger partial charge in [-0.25, -0.2) is 4.68 Å². The van der Waals surface area contributed by atoms with E-state index in [-0.39, 0.29) is 11.9 Å². The third kappa shape index (κ3) is 3.93. The van der Waals surface area contributed by atoms with Crippen molar-refractivity contribution in [2.75, 3.05) is 17.9 Å². The summed E-state index contributed by atoms with van der Waals surface area (Å²) in [4.78, 5) is 13.2. The van der Waals surface area contributed by atoms with Gasteiger partial charge in [-0.1, -0.05) is 43.0 Å². The number of hydrogen-bond acceptors (Lipinski definition) is 6. The predicted octanol–water partition coefficient (Wildman–Crippen LogP) is 3.56. The first kappa shape index (κ1) is 19.3. The minimum atomic E-state index is -0.412. The third-order valence-corrected chi connectivity index (χ3v) is 6.18. The number of methoxy groups -OCH3 is 1. The van der Waals surface area contributed by atoms with Crippen molar-refractivity contribution in [3.05, 3.63) is 65.5 Å². The number of carbonyl (C=O) groups excluding carboxylic acids is 1. The van der Waals surface area contributed by atoms with Gasteiger partial charge in [-0.2, -0.15) is 0 Å². The highest BCUT2D eigenvalue weighted by Crippen LogP contribution is 2.37. The zero-order valence-electron chi connectivity index (χ0n) is 16.5. The van der Waals surface area contributed by atoms with Crippen LogP contribution in [0.4, 0.5) is 5.69 Å². The predicted molar refractivity (Wildman–Crippen MR) is 114 cm³/mol. The Morgan fingerprint density at radius 2 is 1.90 bits per heavy atom. The molecule has 2 heterocycles. The van der Waals surface area contributed by atoms with Crippen LogP contribution in [0.25, 0.3) is 0 Å². The van der Waals surface area contributed by atoms with Crippen LogP contribution >= 0.6 is 11.8 Å². The Morgan fingerprint density at radius 3 is 2.55 bits per heavy atom. The smallest absolute Gasteiger partial charge is 0.240 e. The molecule has 150 valence electrons. The van der Waals surface area contributed by atoms with Crippen LogP contribution in [0.1, 0.15) is 29.9 Å². The maximum Gasteiger partial charge on any atom is 0.240 e. The number of amides is 1. The molecule has 0 saturated carbocycles. The van der Waals surface area contributed by atoms with Gasteiger partial charge in [0.1, 0.15) is 16.8 Å². The van der Waals surface area contributed by atoms with Gasteiger partial charge in [0, 0.05) is 5.69 Å². The highest BCUT2D eigenvalue weighted by atomic mass is 32.2.